The lowest BCUT2D eigenvalue weighted by molar-refractivity contribution is 0.0188. The predicted molar refractivity (Wildman–Crippen MR) is 97.9 cm³/mol. The largest absolute Gasteiger partial charge is 0.444 e. The van der Waals surface area contributed by atoms with Crippen molar-refractivity contribution in [3.8, 4) is 0 Å². The normalized spacial score (nSPS) is 16.3. The maximum atomic E-state index is 12.1. The van der Waals surface area contributed by atoms with Crippen molar-refractivity contribution in [2.75, 3.05) is 25.0 Å². The van der Waals surface area contributed by atoms with Gasteiger partial charge in [-0.05, 0) is 74.0 Å². The number of rotatable bonds is 3. The van der Waals surface area contributed by atoms with Crippen LogP contribution in [0.4, 0.5) is 10.5 Å². The van der Waals surface area contributed by atoms with Crippen molar-refractivity contribution in [1.29, 1.82) is 0 Å². The molecule has 2 rings (SSSR count). The molecule has 4 nitrogen and oxygen atoms in total. The van der Waals surface area contributed by atoms with Crippen molar-refractivity contribution in [2.45, 2.75) is 46.1 Å². The fraction of sp³-hybridized carbons (Fsp3) is 0.611. The van der Waals surface area contributed by atoms with E-state index in [9.17, 15) is 4.79 Å². The highest BCUT2D eigenvalue weighted by Gasteiger charge is 2.26. The second kappa shape index (κ2) is 7.56. The van der Waals surface area contributed by atoms with Crippen molar-refractivity contribution in [3.63, 3.8) is 0 Å². The van der Waals surface area contributed by atoms with Gasteiger partial charge in [0, 0.05) is 29.8 Å². The molecule has 0 aromatic heterocycles. The van der Waals surface area contributed by atoms with Crippen LogP contribution in [0.25, 0.3) is 0 Å². The number of piperidine rings is 1. The lowest BCUT2D eigenvalue weighted by Crippen LogP contribution is -2.42. The van der Waals surface area contributed by atoms with Crippen LogP contribution in [0.2, 0.25) is 0 Å². The minimum atomic E-state index is -0.424. The molecule has 1 N–H and O–H groups in total. The van der Waals surface area contributed by atoms with Crippen LogP contribution in [0.3, 0.4) is 0 Å². The molecule has 1 heterocycles. The number of benzene rings is 1. The number of nitrogens with zero attached hydrogens (tertiary/aromatic N) is 1. The van der Waals surface area contributed by atoms with Crippen LogP contribution in [0.1, 0.15) is 39.2 Å². The first-order valence-corrected chi connectivity index (χ1v) is 9.02. The molecular weight excluding hydrogens is 356 g/mol. The molecule has 1 aromatic carbocycles. The van der Waals surface area contributed by atoms with Gasteiger partial charge >= 0.3 is 6.09 Å². The molecule has 0 unspecified atom stereocenters. The summed E-state index contributed by atoms with van der Waals surface area (Å²) in [5.41, 5.74) is 1.95. The molecule has 1 saturated heterocycles. The van der Waals surface area contributed by atoms with Crippen molar-refractivity contribution < 1.29 is 9.53 Å². The lowest BCUT2D eigenvalue weighted by atomic mass is 9.97. The molecule has 1 aliphatic heterocycles. The molecule has 0 aliphatic carbocycles. The smallest absolute Gasteiger partial charge is 0.410 e. The number of anilines is 1. The summed E-state index contributed by atoms with van der Waals surface area (Å²) < 4.78 is 6.57. The summed E-state index contributed by atoms with van der Waals surface area (Å²) in [7, 11) is 0. The Labute approximate surface area is 147 Å². The molecule has 0 bridgehead atoms. The lowest BCUT2D eigenvalue weighted by Gasteiger charge is -2.33. The number of hydrogen-bond acceptors (Lipinski definition) is 3. The fourth-order valence-electron chi connectivity index (χ4n) is 2.68. The summed E-state index contributed by atoms with van der Waals surface area (Å²) in [6.45, 7) is 10.3. The van der Waals surface area contributed by atoms with Crippen LogP contribution in [-0.2, 0) is 4.74 Å². The zero-order chi connectivity index (χ0) is 17.0. The molecule has 1 fully saturated rings. The Morgan fingerprint density at radius 2 is 2.00 bits per heavy atom. The van der Waals surface area contributed by atoms with Crippen LogP contribution in [0.5, 0.6) is 0 Å². The minimum Gasteiger partial charge on any atom is -0.444 e. The molecule has 0 radical (unpaired) electrons. The Morgan fingerprint density at radius 1 is 1.35 bits per heavy atom. The third-order valence-electron chi connectivity index (χ3n) is 4.04. The number of carbonyl (C=O) groups is 1. The highest BCUT2D eigenvalue weighted by Crippen LogP contribution is 2.27. The maximum Gasteiger partial charge on any atom is 0.410 e. The number of carbonyl (C=O) groups excluding carboxylic acids is 1. The average molecular weight is 383 g/mol. The SMILES string of the molecule is Cc1cccc(NCC2CCN(C(=O)OC(C)(C)C)CC2)c1Br. The van der Waals surface area contributed by atoms with Gasteiger partial charge in [0.15, 0.2) is 0 Å². The summed E-state index contributed by atoms with van der Waals surface area (Å²) in [5.74, 6) is 0.584. The molecular formula is C18H27BrN2O2. The Balaban J connectivity index is 1.79. The van der Waals surface area contributed by atoms with Gasteiger partial charge in [-0.1, -0.05) is 12.1 Å². The fourth-order valence-corrected chi connectivity index (χ4v) is 3.09. The van der Waals surface area contributed by atoms with E-state index in [1.54, 1.807) is 0 Å². The van der Waals surface area contributed by atoms with E-state index in [0.717, 1.165) is 42.6 Å². The Bertz CT molecular complexity index is 546. The first-order valence-electron chi connectivity index (χ1n) is 8.23. The Hall–Kier alpha value is -1.23. The average Bonchev–Trinajstić information content (AvgIpc) is 2.47. The molecule has 128 valence electrons. The summed E-state index contributed by atoms with van der Waals surface area (Å²) in [6, 6.07) is 6.25. The van der Waals surface area contributed by atoms with Gasteiger partial charge in [-0.3, -0.25) is 0 Å². The topological polar surface area (TPSA) is 41.6 Å². The number of amides is 1. The van der Waals surface area contributed by atoms with E-state index >= 15 is 0 Å². The van der Waals surface area contributed by atoms with E-state index in [1.165, 1.54) is 5.56 Å². The quantitative estimate of drug-likeness (QED) is 0.814. The van der Waals surface area contributed by atoms with Gasteiger partial charge in [0.05, 0.1) is 0 Å². The molecule has 5 heteroatoms. The van der Waals surface area contributed by atoms with Crippen molar-refractivity contribution in [1.82, 2.24) is 4.90 Å². The summed E-state index contributed by atoms with van der Waals surface area (Å²) in [5, 5.41) is 3.52. The number of likely N-dealkylation sites (tertiary alicyclic amines) is 1. The second-order valence-electron chi connectivity index (χ2n) is 7.23. The van der Waals surface area contributed by atoms with Crippen molar-refractivity contribution >= 4 is 27.7 Å². The molecule has 23 heavy (non-hydrogen) atoms. The number of aryl methyl sites for hydroxylation is 1. The van der Waals surface area contributed by atoms with Gasteiger partial charge in [-0.2, -0.15) is 0 Å². The zero-order valence-corrected chi connectivity index (χ0v) is 16.1. The van der Waals surface area contributed by atoms with Gasteiger partial charge in [-0.25, -0.2) is 4.79 Å². The Kier molecular flexibility index (Phi) is 5.95. The second-order valence-corrected chi connectivity index (χ2v) is 8.02. The molecule has 1 aromatic rings. The summed E-state index contributed by atoms with van der Waals surface area (Å²) in [4.78, 5) is 13.9. The molecule has 1 amide bonds. The van der Waals surface area contributed by atoms with Gasteiger partial charge in [-0.15, -0.1) is 0 Å². The van der Waals surface area contributed by atoms with Crippen LogP contribution < -0.4 is 5.32 Å². The molecule has 0 spiro atoms. The first-order chi connectivity index (χ1) is 10.8. The number of ether oxygens (including phenoxy) is 1. The van der Waals surface area contributed by atoms with E-state index in [4.69, 9.17) is 4.74 Å². The summed E-state index contributed by atoms with van der Waals surface area (Å²) in [6.07, 6.45) is 1.83. The van der Waals surface area contributed by atoms with E-state index in [0.29, 0.717) is 5.92 Å². The van der Waals surface area contributed by atoms with E-state index in [-0.39, 0.29) is 6.09 Å². The number of hydrogen-bond donors (Lipinski definition) is 1. The van der Waals surface area contributed by atoms with Gasteiger partial charge in [0.1, 0.15) is 5.60 Å². The zero-order valence-electron chi connectivity index (χ0n) is 14.5. The maximum absolute atomic E-state index is 12.1. The number of nitrogens with one attached hydrogen (secondary N) is 1. The standard InChI is InChI=1S/C18H27BrN2O2/c1-13-6-5-7-15(16(13)19)20-12-14-8-10-21(11-9-14)17(22)23-18(2,3)4/h5-7,14,20H,8-12H2,1-4H3. The summed E-state index contributed by atoms with van der Waals surface area (Å²) >= 11 is 3.63. The van der Waals surface area contributed by atoms with E-state index in [2.05, 4.69) is 46.4 Å². The van der Waals surface area contributed by atoms with Crippen molar-refractivity contribution in [3.05, 3.63) is 28.2 Å². The monoisotopic (exact) mass is 382 g/mol. The van der Waals surface area contributed by atoms with Crippen LogP contribution >= 0.6 is 15.9 Å². The minimum absolute atomic E-state index is 0.190. The predicted octanol–water partition coefficient (Wildman–Crippen LogP) is 4.82. The highest BCUT2D eigenvalue weighted by molar-refractivity contribution is 9.10. The molecule has 0 saturated carbocycles. The molecule has 0 atom stereocenters. The Morgan fingerprint density at radius 3 is 2.61 bits per heavy atom. The van der Waals surface area contributed by atoms with E-state index < -0.39 is 5.60 Å². The third kappa shape index (κ3) is 5.41. The highest BCUT2D eigenvalue weighted by atomic mass is 79.9. The van der Waals surface area contributed by atoms with Crippen LogP contribution in [0, 0.1) is 12.8 Å². The molecule has 1 aliphatic rings. The van der Waals surface area contributed by atoms with Crippen molar-refractivity contribution in [2.24, 2.45) is 5.92 Å². The third-order valence-corrected chi connectivity index (χ3v) is 5.09. The van der Waals surface area contributed by atoms with Gasteiger partial charge in [0.2, 0.25) is 0 Å². The van der Waals surface area contributed by atoms with Gasteiger partial charge < -0.3 is 15.0 Å². The first kappa shape index (κ1) is 18.1. The van der Waals surface area contributed by atoms with Crippen LogP contribution in [-0.4, -0.2) is 36.2 Å². The van der Waals surface area contributed by atoms with Crippen LogP contribution in [0.15, 0.2) is 22.7 Å². The number of halogens is 1. The van der Waals surface area contributed by atoms with E-state index in [1.807, 2.05) is 25.7 Å². The van der Waals surface area contributed by atoms with Gasteiger partial charge in [0.25, 0.3) is 0 Å².